The van der Waals surface area contributed by atoms with Gasteiger partial charge in [0.05, 0.1) is 22.9 Å². The lowest BCUT2D eigenvalue weighted by Gasteiger charge is -2.34. The van der Waals surface area contributed by atoms with Crippen molar-refractivity contribution in [3.05, 3.63) is 52.0 Å². The van der Waals surface area contributed by atoms with Gasteiger partial charge in [-0.2, -0.15) is 0 Å². The predicted octanol–water partition coefficient (Wildman–Crippen LogP) is 3.68. The zero-order chi connectivity index (χ0) is 18.5. The maximum atomic E-state index is 12.4. The Hall–Kier alpha value is -2.18. The highest BCUT2D eigenvalue weighted by Crippen LogP contribution is 2.18. The van der Waals surface area contributed by atoms with Crippen molar-refractivity contribution in [1.29, 1.82) is 0 Å². The van der Waals surface area contributed by atoms with Crippen molar-refractivity contribution in [1.82, 2.24) is 9.88 Å². The highest BCUT2D eigenvalue weighted by atomic mass is 32.1. The van der Waals surface area contributed by atoms with Crippen molar-refractivity contribution < 1.29 is 14.3 Å². The highest BCUT2D eigenvalue weighted by molar-refractivity contribution is 7.09. The van der Waals surface area contributed by atoms with E-state index in [1.165, 1.54) is 0 Å². The fourth-order valence-corrected chi connectivity index (χ4v) is 3.57. The van der Waals surface area contributed by atoms with Gasteiger partial charge in [0.1, 0.15) is 12.4 Å². The Bertz CT molecular complexity index is 777. The van der Waals surface area contributed by atoms with E-state index in [9.17, 15) is 4.79 Å². The molecule has 1 aromatic heterocycles. The fourth-order valence-electron chi connectivity index (χ4n) is 2.97. The third-order valence-electron chi connectivity index (χ3n) is 4.06. The Morgan fingerprint density at radius 2 is 2.15 bits per heavy atom. The van der Waals surface area contributed by atoms with Gasteiger partial charge in [-0.25, -0.2) is 4.98 Å². The zero-order valence-electron chi connectivity index (χ0n) is 15.3. The standard InChI is InChI=1S/C20H24N2O3S/c1-14-10-22(11-15(2)25-14)20(23)8-7-17-5-4-6-19(9-17)24-12-18-13-26-16(3)21-18/h4-9,13-15H,10-12H2,1-3H3/b8-7+. The number of morpholine rings is 1. The summed E-state index contributed by atoms with van der Waals surface area (Å²) in [4.78, 5) is 18.6. The Morgan fingerprint density at radius 1 is 1.38 bits per heavy atom. The molecule has 0 saturated carbocycles. The van der Waals surface area contributed by atoms with Gasteiger partial charge < -0.3 is 14.4 Å². The molecule has 1 aliphatic heterocycles. The summed E-state index contributed by atoms with van der Waals surface area (Å²) in [6.07, 6.45) is 3.59. The topological polar surface area (TPSA) is 51.7 Å². The van der Waals surface area contributed by atoms with Gasteiger partial charge in [0.2, 0.25) is 5.91 Å². The van der Waals surface area contributed by atoms with Crippen LogP contribution < -0.4 is 4.74 Å². The Kier molecular flexibility index (Phi) is 6.06. The first-order valence-corrected chi connectivity index (χ1v) is 9.64. The average molecular weight is 372 g/mol. The second-order valence-corrected chi connectivity index (χ2v) is 7.62. The van der Waals surface area contributed by atoms with Crippen LogP contribution in [-0.4, -0.2) is 41.1 Å². The maximum Gasteiger partial charge on any atom is 0.246 e. The number of thiazole rings is 1. The van der Waals surface area contributed by atoms with Crippen molar-refractivity contribution in [2.45, 2.75) is 39.6 Å². The first-order valence-electron chi connectivity index (χ1n) is 8.76. The van der Waals surface area contributed by atoms with E-state index >= 15 is 0 Å². The van der Waals surface area contributed by atoms with Crippen LogP contribution in [0.25, 0.3) is 6.08 Å². The molecule has 0 aliphatic carbocycles. The van der Waals surface area contributed by atoms with E-state index in [1.54, 1.807) is 17.4 Å². The molecule has 2 unspecified atom stereocenters. The number of hydrogen-bond acceptors (Lipinski definition) is 5. The lowest BCUT2D eigenvalue weighted by Crippen LogP contribution is -2.47. The molecular formula is C20H24N2O3S. The number of amides is 1. The molecule has 1 aliphatic rings. The van der Waals surface area contributed by atoms with Crippen molar-refractivity contribution in [3.8, 4) is 5.75 Å². The molecule has 1 fully saturated rings. The van der Waals surface area contributed by atoms with Crippen LogP contribution in [0.2, 0.25) is 0 Å². The van der Waals surface area contributed by atoms with Crippen molar-refractivity contribution >= 4 is 23.3 Å². The number of carbonyl (C=O) groups is 1. The molecule has 0 bridgehead atoms. The Labute approximate surface area is 158 Å². The second kappa shape index (κ2) is 8.47. The van der Waals surface area contributed by atoms with Gasteiger partial charge in [0.15, 0.2) is 0 Å². The van der Waals surface area contributed by atoms with Crippen molar-refractivity contribution in [2.75, 3.05) is 13.1 Å². The normalized spacial score (nSPS) is 20.5. The molecule has 0 radical (unpaired) electrons. The number of aryl methyl sites for hydroxylation is 1. The molecule has 1 saturated heterocycles. The summed E-state index contributed by atoms with van der Waals surface area (Å²) in [6, 6.07) is 7.70. The molecule has 2 heterocycles. The fraction of sp³-hybridized carbons (Fsp3) is 0.400. The summed E-state index contributed by atoms with van der Waals surface area (Å²) in [7, 11) is 0. The lowest BCUT2D eigenvalue weighted by molar-refractivity contribution is -0.137. The second-order valence-electron chi connectivity index (χ2n) is 6.55. The van der Waals surface area contributed by atoms with Gasteiger partial charge >= 0.3 is 0 Å². The maximum absolute atomic E-state index is 12.4. The molecule has 2 atom stereocenters. The molecule has 1 aromatic carbocycles. The monoisotopic (exact) mass is 372 g/mol. The van der Waals surface area contributed by atoms with Gasteiger partial charge in [-0.1, -0.05) is 12.1 Å². The van der Waals surface area contributed by atoms with Crippen LogP contribution in [0.15, 0.2) is 35.7 Å². The van der Waals surface area contributed by atoms with Gasteiger partial charge in [0, 0.05) is 24.5 Å². The summed E-state index contributed by atoms with van der Waals surface area (Å²) in [5.41, 5.74) is 1.86. The van der Waals surface area contributed by atoms with Gasteiger partial charge in [-0.15, -0.1) is 11.3 Å². The molecule has 5 nitrogen and oxygen atoms in total. The molecule has 26 heavy (non-hydrogen) atoms. The smallest absolute Gasteiger partial charge is 0.246 e. The minimum absolute atomic E-state index is 0.0104. The Balaban J connectivity index is 1.59. The molecule has 3 rings (SSSR count). The lowest BCUT2D eigenvalue weighted by atomic mass is 10.2. The van der Waals surface area contributed by atoms with E-state index in [0.29, 0.717) is 19.7 Å². The van der Waals surface area contributed by atoms with Crippen LogP contribution in [-0.2, 0) is 16.1 Å². The minimum Gasteiger partial charge on any atom is -0.487 e. The van der Waals surface area contributed by atoms with Crippen molar-refractivity contribution in [3.63, 3.8) is 0 Å². The van der Waals surface area contributed by atoms with Crippen molar-refractivity contribution in [2.24, 2.45) is 0 Å². The molecule has 0 spiro atoms. The number of carbonyl (C=O) groups excluding carboxylic acids is 1. The number of hydrogen-bond donors (Lipinski definition) is 0. The molecule has 1 amide bonds. The summed E-state index contributed by atoms with van der Waals surface area (Å²) < 4.78 is 11.5. The summed E-state index contributed by atoms with van der Waals surface area (Å²) in [6.45, 7) is 7.66. The van der Waals surface area contributed by atoms with Crippen LogP contribution in [0.3, 0.4) is 0 Å². The van der Waals surface area contributed by atoms with Gasteiger partial charge in [-0.3, -0.25) is 4.79 Å². The van der Waals surface area contributed by atoms with E-state index in [0.717, 1.165) is 22.0 Å². The van der Waals surface area contributed by atoms with Crippen LogP contribution in [0.1, 0.15) is 30.1 Å². The minimum atomic E-state index is 0.0104. The molecule has 2 aromatic rings. The summed E-state index contributed by atoms with van der Waals surface area (Å²) in [5, 5.41) is 3.03. The number of benzene rings is 1. The molecular weight excluding hydrogens is 348 g/mol. The van der Waals surface area contributed by atoms with Crippen LogP contribution in [0, 0.1) is 6.92 Å². The SMILES string of the molecule is Cc1nc(COc2cccc(/C=C/C(=O)N3CC(C)OC(C)C3)c2)cs1. The first kappa shape index (κ1) is 18.6. The van der Waals surface area contributed by atoms with Crippen LogP contribution in [0.5, 0.6) is 5.75 Å². The number of nitrogens with zero attached hydrogens (tertiary/aromatic N) is 2. The Morgan fingerprint density at radius 3 is 2.85 bits per heavy atom. The first-order chi connectivity index (χ1) is 12.5. The number of ether oxygens (including phenoxy) is 2. The van der Waals surface area contributed by atoms with Gasteiger partial charge in [-0.05, 0) is 44.5 Å². The van der Waals surface area contributed by atoms with Crippen LogP contribution >= 0.6 is 11.3 Å². The van der Waals surface area contributed by atoms with E-state index in [4.69, 9.17) is 9.47 Å². The third-order valence-corrected chi connectivity index (χ3v) is 4.88. The predicted molar refractivity (Wildman–Crippen MR) is 103 cm³/mol. The number of rotatable bonds is 5. The van der Waals surface area contributed by atoms with Gasteiger partial charge in [0.25, 0.3) is 0 Å². The quantitative estimate of drug-likeness (QED) is 0.752. The largest absolute Gasteiger partial charge is 0.487 e. The third kappa shape index (κ3) is 5.16. The number of aromatic nitrogens is 1. The molecule has 0 N–H and O–H groups in total. The van der Waals surface area contributed by atoms with E-state index in [-0.39, 0.29) is 18.1 Å². The summed E-state index contributed by atoms with van der Waals surface area (Å²) in [5.74, 6) is 0.773. The zero-order valence-corrected chi connectivity index (χ0v) is 16.2. The van der Waals surface area contributed by atoms with E-state index in [1.807, 2.05) is 61.4 Å². The van der Waals surface area contributed by atoms with E-state index in [2.05, 4.69) is 4.98 Å². The molecule has 6 heteroatoms. The van der Waals surface area contributed by atoms with Crippen LogP contribution in [0.4, 0.5) is 0 Å². The average Bonchev–Trinajstić information content (AvgIpc) is 3.03. The van der Waals surface area contributed by atoms with E-state index < -0.39 is 0 Å². The summed E-state index contributed by atoms with van der Waals surface area (Å²) >= 11 is 1.61. The molecule has 138 valence electrons. The highest BCUT2D eigenvalue weighted by Gasteiger charge is 2.24.